The van der Waals surface area contributed by atoms with Crippen LogP contribution in [0.5, 0.6) is 0 Å². The van der Waals surface area contributed by atoms with Gasteiger partial charge in [0.2, 0.25) is 0 Å². The zero-order chi connectivity index (χ0) is 10.8. The normalized spacial score (nSPS) is 25.5. The van der Waals surface area contributed by atoms with Gasteiger partial charge in [-0.2, -0.15) is 0 Å². The highest BCUT2D eigenvalue weighted by molar-refractivity contribution is 5.44. The fraction of sp³-hybridized carbons (Fsp3) is 0.500. The van der Waals surface area contributed by atoms with E-state index in [1.807, 2.05) is 0 Å². The number of hydrogen-bond acceptors (Lipinski definition) is 1. The van der Waals surface area contributed by atoms with Gasteiger partial charge in [0.1, 0.15) is 0 Å². The topological polar surface area (TPSA) is 12.0 Å². The van der Waals surface area contributed by atoms with Gasteiger partial charge >= 0.3 is 0 Å². The zero-order valence-electron chi connectivity index (χ0n) is 8.76. The fourth-order valence-electron chi connectivity index (χ4n) is 2.16. The number of halogens is 2. The molecule has 15 heavy (non-hydrogen) atoms. The SMILES string of the molecule is C[C@@H]1CC[C@H](Nc2ccc(F)c(F)c2)C1. The van der Waals surface area contributed by atoms with Crippen LogP contribution in [0.4, 0.5) is 14.5 Å². The van der Waals surface area contributed by atoms with Gasteiger partial charge in [0.15, 0.2) is 11.6 Å². The summed E-state index contributed by atoms with van der Waals surface area (Å²) in [6, 6.07) is 4.38. The highest BCUT2D eigenvalue weighted by atomic mass is 19.2. The van der Waals surface area contributed by atoms with Crippen LogP contribution in [0.15, 0.2) is 18.2 Å². The van der Waals surface area contributed by atoms with E-state index in [1.165, 1.54) is 12.5 Å². The first kappa shape index (κ1) is 10.4. The molecule has 1 aromatic rings. The molecule has 1 aliphatic carbocycles. The quantitative estimate of drug-likeness (QED) is 0.788. The van der Waals surface area contributed by atoms with Crippen molar-refractivity contribution in [2.45, 2.75) is 32.2 Å². The third kappa shape index (κ3) is 2.46. The standard InChI is InChI=1S/C12H15F2N/c1-8-2-3-9(6-8)15-10-4-5-11(13)12(14)7-10/h4-5,7-9,15H,2-3,6H2,1H3/t8-,9+/m1/s1. The predicted molar refractivity (Wildman–Crippen MR) is 56.8 cm³/mol. The summed E-state index contributed by atoms with van der Waals surface area (Å²) in [5, 5.41) is 3.23. The monoisotopic (exact) mass is 211 g/mol. The first-order chi connectivity index (χ1) is 7.15. The van der Waals surface area contributed by atoms with Crippen LogP contribution in [0.3, 0.4) is 0 Å². The lowest BCUT2D eigenvalue weighted by molar-refractivity contribution is 0.508. The highest BCUT2D eigenvalue weighted by Gasteiger charge is 2.21. The number of benzene rings is 1. The molecule has 0 unspecified atom stereocenters. The molecule has 1 aromatic carbocycles. The van der Waals surface area contributed by atoms with E-state index in [0.29, 0.717) is 11.7 Å². The Balaban J connectivity index is 2.02. The molecule has 0 radical (unpaired) electrons. The minimum atomic E-state index is -0.791. The van der Waals surface area contributed by atoms with Gasteiger partial charge in [-0.3, -0.25) is 0 Å². The van der Waals surface area contributed by atoms with Crippen molar-refractivity contribution in [3.8, 4) is 0 Å². The van der Waals surface area contributed by atoms with Crippen molar-refractivity contribution in [1.82, 2.24) is 0 Å². The van der Waals surface area contributed by atoms with Crippen molar-refractivity contribution in [3.05, 3.63) is 29.8 Å². The minimum Gasteiger partial charge on any atom is -0.382 e. The van der Waals surface area contributed by atoms with Crippen LogP contribution in [-0.2, 0) is 0 Å². The largest absolute Gasteiger partial charge is 0.382 e. The van der Waals surface area contributed by atoms with Gasteiger partial charge in [0.05, 0.1) is 0 Å². The molecular formula is C12H15F2N. The van der Waals surface area contributed by atoms with Crippen molar-refractivity contribution in [2.24, 2.45) is 5.92 Å². The van der Waals surface area contributed by atoms with Crippen LogP contribution < -0.4 is 5.32 Å². The highest BCUT2D eigenvalue weighted by Crippen LogP contribution is 2.27. The van der Waals surface area contributed by atoms with Crippen LogP contribution >= 0.6 is 0 Å². The Kier molecular flexibility index (Phi) is 2.89. The molecule has 0 amide bonds. The van der Waals surface area contributed by atoms with E-state index in [-0.39, 0.29) is 0 Å². The van der Waals surface area contributed by atoms with Gasteiger partial charge in [-0.25, -0.2) is 8.78 Å². The molecule has 0 aromatic heterocycles. The van der Waals surface area contributed by atoms with E-state index >= 15 is 0 Å². The molecule has 0 bridgehead atoms. The van der Waals surface area contributed by atoms with Crippen molar-refractivity contribution < 1.29 is 8.78 Å². The Morgan fingerprint density at radius 1 is 1.20 bits per heavy atom. The minimum absolute atomic E-state index is 0.407. The molecule has 82 valence electrons. The average Bonchev–Trinajstić information content (AvgIpc) is 2.58. The Labute approximate surface area is 88.5 Å². The molecule has 1 saturated carbocycles. The van der Waals surface area contributed by atoms with Crippen LogP contribution in [0, 0.1) is 17.6 Å². The summed E-state index contributed by atoms with van der Waals surface area (Å²) in [7, 11) is 0. The summed E-state index contributed by atoms with van der Waals surface area (Å²) >= 11 is 0. The lowest BCUT2D eigenvalue weighted by Gasteiger charge is -2.13. The van der Waals surface area contributed by atoms with Gasteiger partial charge in [-0.1, -0.05) is 6.92 Å². The maximum atomic E-state index is 12.9. The predicted octanol–water partition coefficient (Wildman–Crippen LogP) is 3.57. The van der Waals surface area contributed by atoms with E-state index in [2.05, 4.69) is 12.2 Å². The number of hydrogen-bond donors (Lipinski definition) is 1. The summed E-state index contributed by atoms with van der Waals surface area (Å²) in [5.41, 5.74) is 0.674. The second-order valence-electron chi connectivity index (χ2n) is 4.39. The van der Waals surface area contributed by atoms with Crippen LogP contribution in [0.1, 0.15) is 26.2 Å². The van der Waals surface area contributed by atoms with E-state index in [4.69, 9.17) is 0 Å². The van der Waals surface area contributed by atoms with Gasteiger partial charge < -0.3 is 5.32 Å². The lowest BCUT2D eigenvalue weighted by Crippen LogP contribution is -2.15. The fourth-order valence-corrected chi connectivity index (χ4v) is 2.16. The Morgan fingerprint density at radius 3 is 2.60 bits per heavy atom. The van der Waals surface area contributed by atoms with Crippen LogP contribution in [-0.4, -0.2) is 6.04 Å². The van der Waals surface area contributed by atoms with Crippen molar-refractivity contribution in [1.29, 1.82) is 0 Å². The van der Waals surface area contributed by atoms with Crippen molar-refractivity contribution in [3.63, 3.8) is 0 Å². The molecule has 1 nitrogen and oxygen atoms in total. The van der Waals surface area contributed by atoms with E-state index in [0.717, 1.165) is 24.8 Å². The second-order valence-corrected chi connectivity index (χ2v) is 4.39. The van der Waals surface area contributed by atoms with Crippen LogP contribution in [0.2, 0.25) is 0 Å². The van der Waals surface area contributed by atoms with Gasteiger partial charge in [0.25, 0.3) is 0 Å². The first-order valence-corrected chi connectivity index (χ1v) is 5.37. The zero-order valence-corrected chi connectivity index (χ0v) is 8.76. The molecule has 2 rings (SSSR count). The molecule has 2 atom stereocenters. The summed E-state index contributed by atoms with van der Waals surface area (Å²) in [6.07, 6.45) is 3.43. The number of rotatable bonds is 2. The summed E-state index contributed by atoms with van der Waals surface area (Å²) in [5.74, 6) is -0.848. The molecular weight excluding hydrogens is 196 g/mol. The molecule has 1 N–H and O–H groups in total. The smallest absolute Gasteiger partial charge is 0.160 e. The van der Waals surface area contributed by atoms with Crippen molar-refractivity contribution in [2.75, 3.05) is 5.32 Å². The number of anilines is 1. The summed E-state index contributed by atoms with van der Waals surface area (Å²) < 4.78 is 25.6. The molecule has 0 spiro atoms. The molecule has 0 heterocycles. The van der Waals surface area contributed by atoms with E-state index in [1.54, 1.807) is 6.07 Å². The maximum Gasteiger partial charge on any atom is 0.160 e. The maximum absolute atomic E-state index is 12.9. The molecule has 1 fully saturated rings. The Hall–Kier alpha value is -1.12. The van der Waals surface area contributed by atoms with E-state index < -0.39 is 11.6 Å². The molecule has 0 aliphatic heterocycles. The lowest BCUT2D eigenvalue weighted by atomic mass is 10.1. The van der Waals surface area contributed by atoms with Gasteiger partial charge in [-0.05, 0) is 37.3 Å². The summed E-state index contributed by atoms with van der Waals surface area (Å²) in [6.45, 7) is 2.22. The third-order valence-electron chi connectivity index (χ3n) is 2.99. The Bertz CT molecular complexity index is 351. The molecule has 0 saturated heterocycles. The van der Waals surface area contributed by atoms with Gasteiger partial charge in [0, 0.05) is 17.8 Å². The first-order valence-electron chi connectivity index (χ1n) is 5.37. The Morgan fingerprint density at radius 2 is 2.00 bits per heavy atom. The van der Waals surface area contributed by atoms with Crippen molar-refractivity contribution >= 4 is 5.69 Å². The molecule has 1 aliphatic rings. The van der Waals surface area contributed by atoms with E-state index in [9.17, 15) is 8.78 Å². The van der Waals surface area contributed by atoms with Gasteiger partial charge in [-0.15, -0.1) is 0 Å². The molecule has 3 heteroatoms. The number of nitrogens with one attached hydrogen (secondary N) is 1. The average molecular weight is 211 g/mol. The van der Waals surface area contributed by atoms with Crippen LogP contribution in [0.25, 0.3) is 0 Å². The second kappa shape index (κ2) is 4.17. The summed E-state index contributed by atoms with van der Waals surface area (Å²) in [4.78, 5) is 0. The third-order valence-corrected chi connectivity index (χ3v) is 2.99.